The molecule has 0 unspecified atom stereocenters. The van der Waals surface area contributed by atoms with Gasteiger partial charge in [0.15, 0.2) is 0 Å². The first-order valence-corrected chi connectivity index (χ1v) is 8.72. The minimum atomic E-state index is -4.12. The number of benzene rings is 2. The van der Waals surface area contributed by atoms with Crippen LogP contribution in [0.4, 0.5) is 24.5 Å². The van der Waals surface area contributed by atoms with E-state index in [0.29, 0.717) is 4.31 Å². The van der Waals surface area contributed by atoms with Gasteiger partial charge < -0.3 is 5.32 Å². The Morgan fingerprint density at radius 2 is 1.54 bits per heavy atom. The number of anilines is 2. The number of carbonyl (C=O) groups is 1. The quantitative estimate of drug-likeness (QED) is 0.827. The van der Waals surface area contributed by atoms with E-state index in [-0.39, 0.29) is 5.69 Å². The van der Waals surface area contributed by atoms with Crippen LogP contribution in [0.5, 0.6) is 0 Å². The summed E-state index contributed by atoms with van der Waals surface area (Å²) in [6, 6.07) is 7.44. The fourth-order valence-corrected chi connectivity index (χ4v) is 3.10. The third-order valence-corrected chi connectivity index (χ3v) is 5.19. The number of rotatable bonds is 6. The minimum Gasteiger partial charge on any atom is -0.320 e. The number of nitrogens with one attached hydrogen (secondary N) is 1. The van der Waals surface area contributed by atoms with Crippen LogP contribution in [0.3, 0.4) is 0 Å². The molecule has 2 rings (SSSR count). The van der Waals surface area contributed by atoms with E-state index in [1.807, 2.05) is 5.32 Å². The molecule has 2 aromatic rings. The van der Waals surface area contributed by atoms with E-state index in [4.69, 9.17) is 0 Å². The van der Waals surface area contributed by atoms with Gasteiger partial charge in [0, 0.05) is 14.1 Å². The van der Waals surface area contributed by atoms with Gasteiger partial charge in [-0.2, -0.15) is 12.7 Å². The maximum Gasteiger partial charge on any atom is 0.304 e. The van der Waals surface area contributed by atoms with Crippen molar-refractivity contribution in [1.29, 1.82) is 0 Å². The van der Waals surface area contributed by atoms with Gasteiger partial charge >= 0.3 is 10.2 Å². The van der Waals surface area contributed by atoms with Crippen molar-refractivity contribution in [2.24, 2.45) is 0 Å². The zero-order valence-electron chi connectivity index (χ0n) is 13.9. The van der Waals surface area contributed by atoms with Crippen molar-refractivity contribution in [2.75, 3.05) is 30.3 Å². The van der Waals surface area contributed by atoms with Gasteiger partial charge in [-0.25, -0.2) is 17.5 Å². The SMILES string of the molecule is CN(C)S(=O)(=O)N(CC(=O)Nc1c(F)cccc1F)c1ccc(F)cc1. The van der Waals surface area contributed by atoms with Crippen molar-refractivity contribution in [3.8, 4) is 0 Å². The first-order chi connectivity index (χ1) is 12.1. The highest BCUT2D eigenvalue weighted by molar-refractivity contribution is 7.90. The Labute approximate surface area is 149 Å². The average molecular weight is 387 g/mol. The molecule has 10 heteroatoms. The lowest BCUT2D eigenvalue weighted by molar-refractivity contribution is -0.114. The van der Waals surface area contributed by atoms with Crippen molar-refractivity contribution < 1.29 is 26.4 Å². The second-order valence-electron chi connectivity index (χ2n) is 5.42. The Bertz CT molecular complexity index is 882. The van der Waals surface area contributed by atoms with Gasteiger partial charge in [-0.15, -0.1) is 0 Å². The van der Waals surface area contributed by atoms with Crippen LogP contribution < -0.4 is 9.62 Å². The van der Waals surface area contributed by atoms with Crippen LogP contribution in [0.25, 0.3) is 0 Å². The van der Waals surface area contributed by atoms with Crippen molar-refractivity contribution in [3.63, 3.8) is 0 Å². The standard InChI is InChI=1S/C16H16F3N3O3S/c1-21(2)26(24,25)22(12-8-6-11(17)7-9-12)10-15(23)20-16-13(18)4-3-5-14(16)19/h3-9H,10H2,1-2H3,(H,20,23). The molecule has 0 bridgehead atoms. The molecule has 1 N–H and O–H groups in total. The molecule has 0 heterocycles. The summed E-state index contributed by atoms with van der Waals surface area (Å²) in [6.07, 6.45) is 0. The maximum atomic E-state index is 13.6. The van der Waals surface area contributed by atoms with E-state index in [1.54, 1.807) is 0 Å². The molecular weight excluding hydrogens is 371 g/mol. The van der Waals surface area contributed by atoms with Gasteiger partial charge in [-0.1, -0.05) is 6.07 Å². The Hall–Kier alpha value is -2.59. The summed E-state index contributed by atoms with van der Waals surface area (Å²) in [5.74, 6) is -3.55. The van der Waals surface area contributed by atoms with Gasteiger partial charge in [0.1, 0.15) is 29.7 Å². The first kappa shape index (κ1) is 19.7. The Balaban J connectivity index is 2.32. The van der Waals surface area contributed by atoms with Crippen molar-refractivity contribution >= 4 is 27.5 Å². The van der Waals surface area contributed by atoms with Gasteiger partial charge in [-0.05, 0) is 36.4 Å². The maximum absolute atomic E-state index is 13.6. The lowest BCUT2D eigenvalue weighted by Gasteiger charge is -2.27. The molecule has 26 heavy (non-hydrogen) atoms. The molecule has 140 valence electrons. The molecule has 2 aromatic carbocycles. The van der Waals surface area contributed by atoms with Gasteiger partial charge in [-0.3, -0.25) is 4.79 Å². The summed E-state index contributed by atoms with van der Waals surface area (Å²) in [6.45, 7) is -0.764. The number of halogens is 3. The average Bonchev–Trinajstić information content (AvgIpc) is 2.57. The van der Waals surface area contributed by atoms with Crippen molar-refractivity contribution in [2.45, 2.75) is 0 Å². The number of hydrogen-bond acceptors (Lipinski definition) is 3. The summed E-state index contributed by atoms with van der Waals surface area (Å²) in [7, 11) is -1.62. The van der Waals surface area contributed by atoms with Gasteiger partial charge in [0.25, 0.3) is 0 Å². The van der Waals surface area contributed by atoms with E-state index in [1.165, 1.54) is 26.2 Å². The molecule has 6 nitrogen and oxygen atoms in total. The Kier molecular flexibility index (Phi) is 5.88. The predicted molar refractivity (Wildman–Crippen MR) is 91.3 cm³/mol. The van der Waals surface area contributed by atoms with Crippen LogP contribution in [-0.2, 0) is 15.0 Å². The van der Waals surface area contributed by atoms with Crippen molar-refractivity contribution in [1.82, 2.24) is 4.31 Å². The summed E-state index contributed by atoms with van der Waals surface area (Å²) in [4.78, 5) is 12.2. The fourth-order valence-electron chi connectivity index (χ4n) is 2.04. The molecule has 0 spiro atoms. The third kappa shape index (κ3) is 4.33. The number of carbonyl (C=O) groups excluding carboxylic acids is 1. The summed E-state index contributed by atoms with van der Waals surface area (Å²) >= 11 is 0. The zero-order chi connectivity index (χ0) is 19.5. The number of hydrogen-bond donors (Lipinski definition) is 1. The van der Waals surface area contributed by atoms with Crippen LogP contribution in [0.1, 0.15) is 0 Å². The zero-order valence-corrected chi connectivity index (χ0v) is 14.7. The lowest BCUT2D eigenvalue weighted by atomic mass is 10.3. The third-order valence-electron chi connectivity index (χ3n) is 3.37. The molecule has 0 fully saturated rings. The minimum absolute atomic E-state index is 0.0178. The highest BCUT2D eigenvalue weighted by Crippen LogP contribution is 2.21. The fraction of sp³-hybridized carbons (Fsp3) is 0.188. The molecule has 0 aliphatic carbocycles. The monoisotopic (exact) mass is 387 g/mol. The Morgan fingerprint density at radius 1 is 1.00 bits per heavy atom. The van der Waals surface area contributed by atoms with Gasteiger partial charge in [0.2, 0.25) is 5.91 Å². The Morgan fingerprint density at radius 3 is 2.04 bits per heavy atom. The van der Waals surface area contributed by atoms with E-state index in [9.17, 15) is 26.4 Å². The molecule has 0 atom stereocenters. The van der Waals surface area contributed by atoms with Crippen LogP contribution in [0, 0.1) is 17.5 Å². The van der Waals surface area contributed by atoms with E-state index >= 15 is 0 Å². The highest BCUT2D eigenvalue weighted by atomic mass is 32.2. The van der Waals surface area contributed by atoms with Gasteiger partial charge in [0.05, 0.1) is 5.69 Å². The molecule has 0 saturated carbocycles. The normalized spacial score (nSPS) is 11.5. The molecular formula is C16H16F3N3O3S. The van der Waals surface area contributed by atoms with Crippen LogP contribution in [0.2, 0.25) is 0 Å². The van der Waals surface area contributed by atoms with Crippen LogP contribution in [-0.4, -0.2) is 39.3 Å². The molecule has 0 aliphatic heterocycles. The van der Waals surface area contributed by atoms with Crippen LogP contribution in [0.15, 0.2) is 42.5 Å². The summed E-state index contributed by atoms with van der Waals surface area (Å²) in [5, 5.41) is 2.01. The summed E-state index contributed by atoms with van der Waals surface area (Å²) in [5.41, 5.74) is -0.664. The molecule has 0 radical (unpaired) electrons. The summed E-state index contributed by atoms with van der Waals surface area (Å²) < 4.78 is 66.9. The first-order valence-electron chi connectivity index (χ1n) is 7.32. The molecule has 0 aromatic heterocycles. The van der Waals surface area contributed by atoms with E-state index < -0.39 is 45.8 Å². The smallest absolute Gasteiger partial charge is 0.304 e. The largest absolute Gasteiger partial charge is 0.320 e. The second kappa shape index (κ2) is 7.75. The van der Waals surface area contributed by atoms with Crippen molar-refractivity contribution in [3.05, 3.63) is 59.9 Å². The number of amides is 1. The predicted octanol–water partition coefficient (Wildman–Crippen LogP) is 2.36. The van der Waals surface area contributed by atoms with E-state index in [0.717, 1.165) is 34.6 Å². The highest BCUT2D eigenvalue weighted by Gasteiger charge is 2.28. The topological polar surface area (TPSA) is 69.7 Å². The molecule has 0 saturated heterocycles. The molecule has 1 amide bonds. The number of nitrogens with zero attached hydrogens (tertiary/aromatic N) is 2. The van der Waals surface area contributed by atoms with Crippen LogP contribution >= 0.6 is 0 Å². The molecule has 0 aliphatic rings. The second-order valence-corrected chi connectivity index (χ2v) is 7.48. The lowest BCUT2D eigenvalue weighted by Crippen LogP contribution is -2.44. The van der Waals surface area contributed by atoms with E-state index in [2.05, 4.69) is 0 Å². The number of para-hydroxylation sites is 1.